The smallest absolute Gasteiger partial charge is 0.362 e. The summed E-state index contributed by atoms with van der Waals surface area (Å²) in [6, 6.07) is -2.83. The molecule has 10 N–H and O–H groups in total. The number of carbonyl (C=O) groups excluding carboxylic acids is 2. The summed E-state index contributed by atoms with van der Waals surface area (Å²) in [4.78, 5) is 51.6. The number of carboxylic acids is 1. The molecule has 1 aliphatic heterocycles. The summed E-state index contributed by atoms with van der Waals surface area (Å²) in [6.07, 6.45) is 2.35. The van der Waals surface area contributed by atoms with E-state index in [4.69, 9.17) is 22.0 Å². The number of β-lactam (4-membered cyclic amide) rings is 1. The average molecular weight is 629 g/mol. The van der Waals surface area contributed by atoms with E-state index in [9.17, 15) is 32.5 Å². The van der Waals surface area contributed by atoms with Gasteiger partial charge in [0.2, 0.25) is 5.60 Å². The number of carboxylic acid groups (broad SMARTS) is 1. The molecule has 4 rings (SSSR count). The standard InChI is InChI=1S/C20H28N12O8S2/c21-4-1-5-24-18(22)25-6-10-7-26-31(29-10)8-12-14(16(34)32(12)42(37,38)39)28-15(33)13(11-9-41-19(23)27-11)30-40-20(2-3-20)17(35)36/h7,9,12,14H,1-6,8,21H2,(H2,23,27)(H,28,33)(H,35,36)(H3,22,24,25)(H,37,38,39)/b30-13+/t12-,14+/m1/s1. The molecule has 2 atom stereocenters. The Morgan fingerprint density at radius 2 is 2.07 bits per heavy atom. The van der Waals surface area contributed by atoms with Gasteiger partial charge in [-0.25, -0.2) is 19.1 Å². The zero-order chi connectivity index (χ0) is 30.7. The molecule has 2 aromatic heterocycles. The summed E-state index contributed by atoms with van der Waals surface area (Å²) in [5.74, 6) is -3.31. The van der Waals surface area contributed by atoms with Gasteiger partial charge in [0.1, 0.15) is 23.5 Å². The van der Waals surface area contributed by atoms with Gasteiger partial charge in [-0.05, 0) is 13.0 Å². The highest BCUT2D eigenvalue weighted by molar-refractivity contribution is 7.84. The molecule has 2 aromatic rings. The van der Waals surface area contributed by atoms with Gasteiger partial charge >= 0.3 is 16.3 Å². The van der Waals surface area contributed by atoms with Crippen LogP contribution < -0.4 is 27.8 Å². The molecule has 2 fully saturated rings. The highest BCUT2D eigenvalue weighted by atomic mass is 32.2. The lowest BCUT2D eigenvalue weighted by Gasteiger charge is -2.43. The van der Waals surface area contributed by atoms with Crippen LogP contribution in [0.5, 0.6) is 0 Å². The van der Waals surface area contributed by atoms with Crippen LogP contribution >= 0.6 is 11.3 Å². The van der Waals surface area contributed by atoms with Gasteiger partial charge < -0.3 is 37.8 Å². The van der Waals surface area contributed by atoms with Gasteiger partial charge in [-0.15, -0.1) is 11.3 Å². The van der Waals surface area contributed by atoms with Gasteiger partial charge in [0.25, 0.3) is 11.8 Å². The number of aromatic nitrogens is 4. The van der Waals surface area contributed by atoms with Crippen molar-refractivity contribution in [1.82, 2.24) is 34.9 Å². The Labute approximate surface area is 241 Å². The summed E-state index contributed by atoms with van der Waals surface area (Å²) in [5, 5.41) is 27.9. The first-order valence-corrected chi connectivity index (χ1v) is 14.6. The monoisotopic (exact) mass is 628 g/mol. The van der Waals surface area contributed by atoms with Gasteiger partial charge in [-0.1, -0.05) is 5.16 Å². The molecule has 3 heterocycles. The molecule has 22 heteroatoms. The highest BCUT2D eigenvalue weighted by Gasteiger charge is 2.56. The highest BCUT2D eigenvalue weighted by Crippen LogP contribution is 2.40. The molecule has 0 bridgehead atoms. The van der Waals surface area contributed by atoms with E-state index < -0.39 is 51.5 Å². The minimum atomic E-state index is -5.02. The first-order valence-electron chi connectivity index (χ1n) is 12.3. The van der Waals surface area contributed by atoms with E-state index in [2.05, 4.69) is 36.0 Å². The molecule has 1 aliphatic carbocycles. The molecule has 1 saturated heterocycles. The van der Waals surface area contributed by atoms with Gasteiger partial charge in [-0.2, -0.15) is 23.4 Å². The predicted octanol–water partition coefficient (Wildman–Crippen LogP) is -3.39. The molecular formula is C20H28N12O8S2. The fourth-order valence-corrected chi connectivity index (χ4v) is 5.16. The third-order valence-electron chi connectivity index (χ3n) is 6.12. The number of carbonyl (C=O) groups is 3. The van der Waals surface area contributed by atoms with Gasteiger partial charge in [0.15, 0.2) is 16.8 Å². The largest absolute Gasteiger partial charge is 0.478 e. The van der Waals surface area contributed by atoms with Gasteiger partial charge in [0.05, 0.1) is 19.3 Å². The molecule has 2 amide bonds. The Hall–Kier alpha value is -4.41. The maximum Gasteiger partial charge on any atom is 0.362 e. The molecule has 0 unspecified atom stereocenters. The lowest BCUT2D eigenvalue weighted by molar-refractivity contribution is -0.153. The molecule has 0 aromatic carbocycles. The van der Waals surface area contributed by atoms with Crippen molar-refractivity contribution in [3.63, 3.8) is 0 Å². The van der Waals surface area contributed by atoms with Crippen LogP contribution in [0.15, 0.2) is 21.7 Å². The van der Waals surface area contributed by atoms with Crippen molar-refractivity contribution < 1.29 is 37.3 Å². The molecule has 20 nitrogen and oxygen atoms in total. The van der Waals surface area contributed by atoms with Crippen molar-refractivity contribution in [1.29, 1.82) is 0 Å². The number of anilines is 1. The first kappa shape index (κ1) is 30.5. The summed E-state index contributed by atoms with van der Waals surface area (Å²) >= 11 is 0.964. The van der Waals surface area contributed by atoms with Gasteiger partial charge in [-0.3, -0.25) is 14.1 Å². The van der Waals surface area contributed by atoms with E-state index in [-0.39, 0.29) is 47.0 Å². The SMILES string of the molecule is NCCCNC(N)=NCc1cnn(C[C@@H]2[C@H](NC(=O)/C(=N/OC3(C(=O)O)CC3)c3csc(N)n3)C(=O)N2S(=O)(=O)O)n1. The van der Waals surface area contributed by atoms with Crippen molar-refractivity contribution in [3.8, 4) is 0 Å². The Balaban J connectivity index is 1.50. The minimum Gasteiger partial charge on any atom is -0.478 e. The van der Waals surface area contributed by atoms with E-state index >= 15 is 0 Å². The average Bonchev–Trinajstić information content (AvgIpc) is 3.38. The zero-order valence-electron chi connectivity index (χ0n) is 21.8. The van der Waals surface area contributed by atoms with E-state index in [0.29, 0.717) is 25.2 Å². The van der Waals surface area contributed by atoms with Crippen LogP contribution in [-0.2, 0) is 42.6 Å². The quantitative estimate of drug-likeness (QED) is 0.0268. The number of aliphatic carboxylic acids is 1. The number of hydrogen-bond donors (Lipinski definition) is 7. The van der Waals surface area contributed by atoms with Crippen molar-refractivity contribution in [3.05, 3.63) is 23.0 Å². The summed E-state index contributed by atoms with van der Waals surface area (Å²) in [6.45, 7) is 0.676. The number of thiazole rings is 1. The molecule has 42 heavy (non-hydrogen) atoms. The van der Waals surface area contributed by atoms with Crippen LogP contribution in [0.1, 0.15) is 30.7 Å². The Morgan fingerprint density at radius 1 is 1.33 bits per heavy atom. The van der Waals surface area contributed by atoms with Crippen molar-refractivity contribution >= 4 is 56.2 Å². The first-order chi connectivity index (χ1) is 19.8. The topological polar surface area (TPSA) is 309 Å². The summed E-state index contributed by atoms with van der Waals surface area (Å²) in [5.41, 5.74) is 15.0. The van der Waals surface area contributed by atoms with Crippen molar-refractivity contribution in [2.24, 2.45) is 21.6 Å². The number of nitrogens with one attached hydrogen (secondary N) is 2. The number of oxime groups is 1. The maximum absolute atomic E-state index is 13.2. The third kappa shape index (κ3) is 6.89. The van der Waals surface area contributed by atoms with E-state index in [1.807, 2.05) is 0 Å². The number of hydrogen-bond acceptors (Lipinski definition) is 14. The third-order valence-corrected chi connectivity index (χ3v) is 7.74. The van der Waals surface area contributed by atoms with Crippen LogP contribution in [0.3, 0.4) is 0 Å². The van der Waals surface area contributed by atoms with Crippen molar-refractivity contribution in [2.75, 3.05) is 18.8 Å². The fraction of sp³-hybridized carbons (Fsp3) is 0.500. The number of guanidine groups is 1. The minimum absolute atomic E-state index is 0.0294. The van der Waals surface area contributed by atoms with Crippen LogP contribution in [-0.4, -0.2) is 103 Å². The predicted molar refractivity (Wildman–Crippen MR) is 145 cm³/mol. The summed E-state index contributed by atoms with van der Waals surface area (Å²) in [7, 11) is -5.02. The Morgan fingerprint density at radius 3 is 2.67 bits per heavy atom. The fourth-order valence-electron chi connectivity index (χ4n) is 3.74. The lowest BCUT2D eigenvalue weighted by atomic mass is 9.98. The molecule has 2 aliphatic rings. The van der Waals surface area contributed by atoms with Crippen molar-refractivity contribution in [2.45, 2.75) is 50.0 Å². The Bertz CT molecular complexity index is 1520. The summed E-state index contributed by atoms with van der Waals surface area (Å²) < 4.78 is 33.6. The van der Waals surface area contributed by atoms with Gasteiger partial charge in [0, 0.05) is 24.8 Å². The molecule has 0 spiro atoms. The zero-order valence-corrected chi connectivity index (χ0v) is 23.4. The number of nitrogen functional groups attached to an aromatic ring is 1. The molecule has 228 valence electrons. The second kappa shape index (κ2) is 12.2. The number of nitrogens with zero attached hydrogens (tertiary/aromatic N) is 7. The lowest BCUT2D eigenvalue weighted by Crippen LogP contribution is -2.73. The molecule has 0 radical (unpaired) electrons. The van der Waals surface area contributed by atoms with Crippen LogP contribution in [0.25, 0.3) is 0 Å². The molecule has 1 saturated carbocycles. The van der Waals surface area contributed by atoms with E-state index in [1.165, 1.54) is 11.6 Å². The number of aliphatic imine (C=N–C) groups is 1. The molecular weight excluding hydrogens is 600 g/mol. The van der Waals surface area contributed by atoms with Crippen LogP contribution in [0.2, 0.25) is 0 Å². The maximum atomic E-state index is 13.2. The second-order valence-electron chi connectivity index (χ2n) is 9.19. The van der Waals surface area contributed by atoms with E-state index in [0.717, 1.165) is 16.1 Å². The normalized spacial score (nSPS) is 20.1. The van der Waals surface area contributed by atoms with E-state index in [1.54, 1.807) is 0 Å². The number of nitrogens with two attached hydrogens (primary N) is 3. The second-order valence-corrected chi connectivity index (χ2v) is 11.4. The van der Waals surface area contributed by atoms with Crippen LogP contribution in [0.4, 0.5) is 5.13 Å². The number of amides is 2. The Kier molecular flexibility index (Phi) is 8.89. The van der Waals surface area contributed by atoms with Crippen LogP contribution in [0, 0.1) is 0 Å². The number of rotatable bonds is 14.